The Morgan fingerprint density at radius 1 is 1.56 bits per heavy atom. The largest absolute Gasteiger partial charge is 0.316 e. The van der Waals surface area contributed by atoms with Gasteiger partial charge in [-0.2, -0.15) is 5.10 Å². The molecular formula is C9H16N4O2S. The lowest BCUT2D eigenvalue weighted by atomic mass is 9.96. The topological polar surface area (TPSA) is 86.9 Å². The fourth-order valence-corrected chi connectivity index (χ4v) is 2.55. The van der Waals surface area contributed by atoms with Crippen molar-refractivity contribution >= 4 is 15.7 Å². The second-order valence-corrected chi connectivity index (χ2v) is 5.86. The number of aromatic nitrogens is 2. The quantitative estimate of drug-likeness (QED) is 0.711. The average molecular weight is 244 g/mol. The van der Waals surface area contributed by atoms with E-state index in [1.807, 2.05) is 0 Å². The Balaban J connectivity index is 2.18. The number of nitrogens with zero attached hydrogens (tertiary/aromatic N) is 1. The maximum absolute atomic E-state index is 11.2. The van der Waals surface area contributed by atoms with E-state index in [9.17, 15) is 8.42 Å². The van der Waals surface area contributed by atoms with E-state index in [1.165, 1.54) is 6.20 Å². The molecular weight excluding hydrogens is 228 g/mol. The maximum Gasteiger partial charge on any atom is 0.229 e. The van der Waals surface area contributed by atoms with Crippen molar-refractivity contribution in [2.24, 2.45) is 0 Å². The minimum Gasteiger partial charge on any atom is -0.316 e. The summed E-state index contributed by atoms with van der Waals surface area (Å²) in [7, 11) is -3.24. The summed E-state index contributed by atoms with van der Waals surface area (Å²) < 4.78 is 24.8. The fraction of sp³-hybridized carbons (Fsp3) is 0.667. The molecule has 0 bridgehead atoms. The lowest BCUT2D eigenvalue weighted by Gasteiger charge is -2.22. The summed E-state index contributed by atoms with van der Waals surface area (Å²) >= 11 is 0. The molecule has 1 aromatic rings. The predicted molar refractivity (Wildman–Crippen MR) is 61.9 cm³/mol. The molecule has 1 atom stereocenters. The average Bonchev–Trinajstić information content (AvgIpc) is 2.64. The number of H-pyrrole nitrogens is 1. The van der Waals surface area contributed by atoms with Crippen molar-refractivity contribution in [3.63, 3.8) is 0 Å². The summed E-state index contributed by atoms with van der Waals surface area (Å²) in [6.45, 7) is 1.89. The number of hydrogen-bond donors (Lipinski definition) is 3. The Labute approximate surface area is 94.9 Å². The van der Waals surface area contributed by atoms with Crippen LogP contribution < -0.4 is 10.0 Å². The molecule has 2 heterocycles. The molecule has 6 nitrogen and oxygen atoms in total. The van der Waals surface area contributed by atoms with Crippen molar-refractivity contribution in [2.75, 3.05) is 24.1 Å². The second kappa shape index (κ2) is 4.42. The Morgan fingerprint density at radius 3 is 3.00 bits per heavy atom. The van der Waals surface area contributed by atoms with Crippen LogP contribution in [-0.4, -0.2) is 38.0 Å². The van der Waals surface area contributed by atoms with E-state index < -0.39 is 10.0 Å². The van der Waals surface area contributed by atoms with Gasteiger partial charge in [0, 0.05) is 12.5 Å². The summed E-state index contributed by atoms with van der Waals surface area (Å²) in [5, 5.41) is 10.1. The van der Waals surface area contributed by atoms with Crippen LogP contribution in [0.1, 0.15) is 24.5 Å². The van der Waals surface area contributed by atoms with Crippen LogP contribution in [0.3, 0.4) is 0 Å². The Morgan fingerprint density at radius 2 is 2.38 bits per heavy atom. The van der Waals surface area contributed by atoms with Gasteiger partial charge in [-0.05, 0) is 19.4 Å². The van der Waals surface area contributed by atoms with Crippen LogP contribution in [0.5, 0.6) is 0 Å². The summed E-state index contributed by atoms with van der Waals surface area (Å²) in [5.41, 5.74) is 1.44. The van der Waals surface area contributed by atoms with E-state index in [4.69, 9.17) is 0 Å². The van der Waals surface area contributed by atoms with E-state index in [0.29, 0.717) is 11.6 Å². The highest BCUT2D eigenvalue weighted by atomic mass is 32.2. The van der Waals surface area contributed by atoms with Crippen molar-refractivity contribution in [1.29, 1.82) is 0 Å². The molecule has 2 rings (SSSR count). The molecule has 3 N–H and O–H groups in total. The minimum atomic E-state index is -3.24. The van der Waals surface area contributed by atoms with Gasteiger partial charge in [-0.3, -0.25) is 9.82 Å². The first kappa shape index (κ1) is 11.4. The first-order valence-electron chi connectivity index (χ1n) is 5.28. The van der Waals surface area contributed by atoms with E-state index in [1.54, 1.807) is 0 Å². The molecule has 1 fully saturated rings. The second-order valence-electron chi connectivity index (χ2n) is 4.11. The van der Waals surface area contributed by atoms with Crippen LogP contribution in [0.2, 0.25) is 0 Å². The Kier molecular flexibility index (Phi) is 3.15. The van der Waals surface area contributed by atoms with Gasteiger partial charge < -0.3 is 5.32 Å². The molecule has 1 aliphatic heterocycles. The summed E-state index contributed by atoms with van der Waals surface area (Å²) in [6.07, 6.45) is 4.81. The number of rotatable bonds is 3. The third kappa shape index (κ3) is 2.73. The molecule has 7 heteroatoms. The van der Waals surface area contributed by atoms with Crippen LogP contribution in [0.4, 0.5) is 5.69 Å². The van der Waals surface area contributed by atoms with Gasteiger partial charge in [0.05, 0.1) is 23.8 Å². The third-order valence-electron chi connectivity index (χ3n) is 2.67. The van der Waals surface area contributed by atoms with Crippen molar-refractivity contribution in [3.8, 4) is 0 Å². The molecule has 0 saturated carbocycles. The fourth-order valence-electron chi connectivity index (χ4n) is 1.99. The number of hydrogen-bond acceptors (Lipinski definition) is 4. The molecule has 0 spiro atoms. The van der Waals surface area contributed by atoms with Gasteiger partial charge in [-0.25, -0.2) is 8.42 Å². The maximum atomic E-state index is 11.2. The van der Waals surface area contributed by atoms with Gasteiger partial charge in [-0.1, -0.05) is 0 Å². The highest BCUT2D eigenvalue weighted by Gasteiger charge is 2.21. The molecule has 0 unspecified atom stereocenters. The summed E-state index contributed by atoms with van der Waals surface area (Å²) in [4.78, 5) is 0. The molecule has 1 aromatic heterocycles. The zero-order valence-electron chi connectivity index (χ0n) is 9.16. The SMILES string of the molecule is CS(=O)(=O)Nc1cn[nH]c1[C@@H]1CCCNC1. The molecule has 0 amide bonds. The van der Waals surface area contributed by atoms with E-state index in [2.05, 4.69) is 20.2 Å². The van der Waals surface area contributed by atoms with Crippen LogP contribution >= 0.6 is 0 Å². The summed E-state index contributed by atoms with van der Waals surface area (Å²) in [6, 6.07) is 0. The van der Waals surface area contributed by atoms with Crippen LogP contribution in [0.25, 0.3) is 0 Å². The van der Waals surface area contributed by atoms with E-state index in [-0.39, 0.29) is 0 Å². The van der Waals surface area contributed by atoms with E-state index in [0.717, 1.165) is 37.9 Å². The lowest BCUT2D eigenvalue weighted by molar-refractivity contribution is 0.455. The molecule has 1 saturated heterocycles. The van der Waals surface area contributed by atoms with E-state index >= 15 is 0 Å². The predicted octanol–water partition coefficient (Wildman–Crippen LogP) is 0.248. The molecule has 1 aliphatic rings. The van der Waals surface area contributed by atoms with Crippen LogP contribution in [0.15, 0.2) is 6.20 Å². The van der Waals surface area contributed by atoms with Gasteiger partial charge in [0.15, 0.2) is 0 Å². The molecule has 0 radical (unpaired) electrons. The number of piperidine rings is 1. The van der Waals surface area contributed by atoms with Gasteiger partial charge in [-0.15, -0.1) is 0 Å². The first-order valence-corrected chi connectivity index (χ1v) is 7.17. The monoisotopic (exact) mass is 244 g/mol. The van der Waals surface area contributed by atoms with Gasteiger partial charge >= 0.3 is 0 Å². The molecule has 0 aliphatic carbocycles. The standard InChI is InChI=1S/C9H16N4O2S/c1-16(14,15)13-8-6-11-12-9(8)7-3-2-4-10-5-7/h6-7,10,13H,2-5H2,1H3,(H,11,12)/t7-/m1/s1. The summed E-state index contributed by atoms with van der Waals surface area (Å²) in [5.74, 6) is 0.306. The number of sulfonamides is 1. The highest BCUT2D eigenvalue weighted by molar-refractivity contribution is 7.92. The van der Waals surface area contributed by atoms with Crippen LogP contribution in [0, 0.1) is 0 Å². The molecule has 90 valence electrons. The number of anilines is 1. The lowest BCUT2D eigenvalue weighted by Crippen LogP contribution is -2.29. The van der Waals surface area contributed by atoms with Gasteiger partial charge in [0.25, 0.3) is 0 Å². The Bertz CT molecular complexity index is 448. The van der Waals surface area contributed by atoms with Crippen molar-refractivity contribution in [1.82, 2.24) is 15.5 Å². The van der Waals surface area contributed by atoms with Crippen molar-refractivity contribution in [3.05, 3.63) is 11.9 Å². The highest BCUT2D eigenvalue weighted by Crippen LogP contribution is 2.27. The van der Waals surface area contributed by atoms with Gasteiger partial charge in [0.1, 0.15) is 0 Å². The molecule has 16 heavy (non-hydrogen) atoms. The smallest absolute Gasteiger partial charge is 0.229 e. The van der Waals surface area contributed by atoms with Crippen LogP contribution in [-0.2, 0) is 10.0 Å². The van der Waals surface area contributed by atoms with Gasteiger partial charge in [0.2, 0.25) is 10.0 Å². The third-order valence-corrected chi connectivity index (χ3v) is 3.26. The van der Waals surface area contributed by atoms with Crippen molar-refractivity contribution in [2.45, 2.75) is 18.8 Å². The number of nitrogens with one attached hydrogen (secondary N) is 3. The minimum absolute atomic E-state index is 0.306. The normalized spacial score (nSPS) is 21.9. The number of aromatic amines is 1. The first-order chi connectivity index (χ1) is 7.56. The zero-order valence-corrected chi connectivity index (χ0v) is 9.97. The zero-order chi connectivity index (χ0) is 11.6. The molecule has 0 aromatic carbocycles. The van der Waals surface area contributed by atoms with Crippen molar-refractivity contribution < 1.29 is 8.42 Å². The Hall–Kier alpha value is -1.08.